The number of nitrogens with zero attached hydrogens (tertiary/aromatic N) is 3. The first-order chi connectivity index (χ1) is 12.8. The first-order valence-corrected chi connectivity index (χ1v) is 8.87. The number of benzene rings is 1. The maximum atomic E-state index is 12.8. The fourth-order valence-electron chi connectivity index (χ4n) is 3.01. The zero-order valence-corrected chi connectivity index (χ0v) is 15.1. The van der Waals surface area contributed by atoms with Crippen LogP contribution in [-0.2, 0) is 17.5 Å². The Kier molecular flexibility index (Phi) is 5.84. The van der Waals surface area contributed by atoms with Crippen molar-refractivity contribution < 1.29 is 18.0 Å². The number of aromatic nitrogens is 2. The molecule has 0 spiro atoms. The lowest BCUT2D eigenvalue weighted by Gasteiger charge is -2.32. The monoisotopic (exact) mass is 398 g/mol. The van der Waals surface area contributed by atoms with E-state index in [1.807, 2.05) is 18.2 Å². The van der Waals surface area contributed by atoms with Crippen LogP contribution in [-0.4, -0.2) is 29.0 Å². The number of carbonyl (C=O) groups excluding carboxylic acids is 1. The van der Waals surface area contributed by atoms with Crippen LogP contribution in [0.3, 0.4) is 0 Å². The molecular weight excluding hydrogens is 381 g/mol. The summed E-state index contributed by atoms with van der Waals surface area (Å²) in [5.74, 6) is -0.0341. The maximum Gasteiger partial charge on any atom is 0.433 e. The molecule has 1 aromatic heterocycles. The number of anilines is 1. The van der Waals surface area contributed by atoms with Crippen LogP contribution < -0.4 is 10.2 Å². The SMILES string of the molecule is O=C(NCc1ccccc1Cl)C1CCN(c2cc(C(F)(F)F)ncn2)CC1. The van der Waals surface area contributed by atoms with E-state index in [2.05, 4.69) is 15.3 Å². The van der Waals surface area contributed by atoms with E-state index in [1.165, 1.54) is 0 Å². The van der Waals surface area contributed by atoms with Crippen LogP contribution in [0.25, 0.3) is 0 Å². The number of alkyl halides is 3. The smallest absolute Gasteiger partial charge is 0.356 e. The first-order valence-electron chi connectivity index (χ1n) is 8.50. The maximum absolute atomic E-state index is 12.8. The van der Waals surface area contributed by atoms with E-state index < -0.39 is 11.9 Å². The largest absolute Gasteiger partial charge is 0.433 e. The molecule has 1 saturated heterocycles. The van der Waals surface area contributed by atoms with Gasteiger partial charge in [0.05, 0.1) is 0 Å². The number of hydrogen-bond acceptors (Lipinski definition) is 4. The molecule has 3 rings (SSSR count). The predicted molar refractivity (Wildman–Crippen MR) is 95.3 cm³/mol. The Labute approximate surface area is 159 Å². The van der Waals surface area contributed by atoms with Gasteiger partial charge in [-0.1, -0.05) is 29.8 Å². The van der Waals surface area contributed by atoms with Crippen molar-refractivity contribution in [1.82, 2.24) is 15.3 Å². The molecular formula is C18H18ClF3N4O. The lowest BCUT2D eigenvalue weighted by molar-refractivity contribution is -0.141. The highest BCUT2D eigenvalue weighted by Gasteiger charge is 2.34. The number of rotatable bonds is 4. The Morgan fingerprint density at radius 3 is 2.59 bits per heavy atom. The second-order valence-electron chi connectivity index (χ2n) is 6.33. The van der Waals surface area contributed by atoms with Crippen molar-refractivity contribution in [3.63, 3.8) is 0 Å². The van der Waals surface area contributed by atoms with Crippen molar-refractivity contribution in [2.45, 2.75) is 25.6 Å². The molecule has 0 unspecified atom stereocenters. The van der Waals surface area contributed by atoms with E-state index in [1.54, 1.807) is 11.0 Å². The summed E-state index contributed by atoms with van der Waals surface area (Å²) in [7, 11) is 0. The lowest BCUT2D eigenvalue weighted by Crippen LogP contribution is -2.40. The van der Waals surface area contributed by atoms with Gasteiger partial charge in [-0.2, -0.15) is 13.2 Å². The molecule has 9 heteroatoms. The fraction of sp³-hybridized carbons (Fsp3) is 0.389. The van der Waals surface area contributed by atoms with Gasteiger partial charge in [-0.3, -0.25) is 4.79 Å². The molecule has 1 aliphatic heterocycles. The minimum absolute atomic E-state index is 0.0757. The van der Waals surface area contributed by atoms with Gasteiger partial charge in [0.15, 0.2) is 0 Å². The first kappa shape index (κ1) is 19.4. The summed E-state index contributed by atoms with van der Waals surface area (Å²) in [6, 6.07) is 8.22. The fourth-order valence-corrected chi connectivity index (χ4v) is 3.22. The summed E-state index contributed by atoms with van der Waals surface area (Å²) in [6.07, 6.45) is -2.51. The highest BCUT2D eigenvalue weighted by atomic mass is 35.5. The van der Waals surface area contributed by atoms with Crippen LogP contribution >= 0.6 is 11.6 Å². The number of piperidine rings is 1. The molecule has 0 radical (unpaired) electrons. The van der Waals surface area contributed by atoms with Crippen LogP contribution in [0.5, 0.6) is 0 Å². The number of carbonyl (C=O) groups is 1. The second-order valence-corrected chi connectivity index (χ2v) is 6.74. The van der Waals surface area contributed by atoms with E-state index >= 15 is 0 Å². The van der Waals surface area contributed by atoms with Crippen molar-refractivity contribution in [1.29, 1.82) is 0 Å². The highest BCUT2D eigenvalue weighted by Crippen LogP contribution is 2.30. The normalized spacial score (nSPS) is 15.6. The Morgan fingerprint density at radius 1 is 1.22 bits per heavy atom. The van der Waals surface area contributed by atoms with Crippen molar-refractivity contribution >= 4 is 23.3 Å². The molecule has 1 fully saturated rings. The molecule has 1 amide bonds. The van der Waals surface area contributed by atoms with Gasteiger partial charge in [0.2, 0.25) is 5.91 Å². The summed E-state index contributed by atoms with van der Waals surface area (Å²) < 4.78 is 38.4. The van der Waals surface area contributed by atoms with Gasteiger partial charge < -0.3 is 10.2 Å². The topological polar surface area (TPSA) is 58.1 Å². The Hall–Kier alpha value is -2.35. The van der Waals surface area contributed by atoms with Crippen LogP contribution in [0.2, 0.25) is 5.02 Å². The van der Waals surface area contributed by atoms with Gasteiger partial charge in [0.1, 0.15) is 17.8 Å². The minimum atomic E-state index is -4.51. The average Bonchev–Trinajstić information content (AvgIpc) is 2.67. The summed E-state index contributed by atoms with van der Waals surface area (Å²) in [4.78, 5) is 21.3. The number of hydrogen-bond donors (Lipinski definition) is 1. The lowest BCUT2D eigenvalue weighted by atomic mass is 9.95. The van der Waals surface area contributed by atoms with Crippen molar-refractivity contribution in [3.05, 3.63) is 52.9 Å². The number of nitrogens with one attached hydrogen (secondary N) is 1. The predicted octanol–water partition coefficient (Wildman–Crippen LogP) is 3.68. The third kappa shape index (κ3) is 4.88. The third-order valence-electron chi connectivity index (χ3n) is 4.54. The Balaban J connectivity index is 1.54. The van der Waals surface area contributed by atoms with E-state index in [4.69, 9.17) is 11.6 Å². The second kappa shape index (κ2) is 8.12. The molecule has 5 nitrogen and oxygen atoms in total. The molecule has 0 aliphatic carbocycles. The van der Waals surface area contributed by atoms with E-state index in [0.717, 1.165) is 18.0 Å². The molecule has 2 aromatic rings. The van der Waals surface area contributed by atoms with Crippen LogP contribution in [0.15, 0.2) is 36.7 Å². The molecule has 27 heavy (non-hydrogen) atoms. The van der Waals surface area contributed by atoms with E-state index in [-0.39, 0.29) is 17.6 Å². The Bertz CT molecular complexity index is 807. The zero-order valence-electron chi connectivity index (χ0n) is 14.3. The average molecular weight is 399 g/mol. The molecule has 1 N–H and O–H groups in total. The van der Waals surface area contributed by atoms with Gasteiger partial charge in [0.25, 0.3) is 0 Å². The zero-order chi connectivity index (χ0) is 19.4. The number of amides is 1. The van der Waals surface area contributed by atoms with E-state index in [0.29, 0.717) is 37.5 Å². The van der Waals surface area contributed by atoms with Crippen LogP contribution in [0.4, 0.5) is 19.0 Å². The molecule has 0 atom stereocenters. The Morgan fingerprint density at radius 2 is 1.93 bits per heavy atom. The third-order valence-corrected chi connectivity index (χ3v) is 4.91. The van der Waals surface area contributed by atoms with Crippen LogP contribution in [0.1, 0.15) is 24.1 Å². The summed E-state index contributed by atoms with van der Waals surface area (Å²) in [6.45, 7) is 1.26. The molecule has 144 valence electrons. The van der Waals surface area contributed by atoms with Gasteiger partial charge in [-0.15, -0.1) is 0 Å². The van der Waals surface area contributed by atoms with Gasteiger partial charge in [-0.25, -0.2) is 9.97 Å². The van der Waals surface area contributed by atoms with Crippen LogP contribution in [0, 0.1) is 5.92 Å². The van der Waals surface area contributed by atoms with Gasteiger partial charge in [0, 0.05) is 36.6 Å². The quantitative estimate of drug-likeness (QED) is 0.853. The summed E-state index contributed by atoms with van der Waals surface area (Å²) in [5.41, 5.74) is -0.127. The van der Waals surface area contributed by atoms with Crippen molar-refractivity contribution in [2.24, 2.45) is 5.92 Å². The minimum Gasteiger partial charge on any atom is -0.356 e. The number of halogens is 4. The molecule has 0 bridgehead atoms. The molecule has 0 saturated carbocycles. The summed E-state index contributed by atoms with van der Waals surface area (Å²) in [5, 5.41) is 3.47. The van der Waals surface area contributed by atoms with Gasteiger partial charge >= 0.3 is 6.18 Å². The van der Waals surface area contributed by atoms with Crippen molar-refractivity contribution in [3.8, 4) is 0 Å². The molecule has 1 aromatic carbocycles. The van der Waals surface area contributed by atoms with E-state index in [9.17, 15) is 18.0 Å². The van der Waals surface area contributed by atoms with Crippen molar-refractivity contribution in [2.75, 3.05) is 18.0 Å². The summed E-state index contributed by atoms with van der Waals surface area (Å²) >= 11 is 6.08. The standard InChI is InChI=1S/C18H18ClF3N4O/c19-14-4-2-1-3-13(14)10-23-17(27)12-5-7-26(8-6-12)16-9-15(18(20,21)22)24-11-25-16/h1-4,9,11-12H,5-8,10H2,(H,23,27). The van der Waals surface area contributed by atoms with Gasteiger partial charge in [-0.05, 0) is 24.5 Å². The molecule has 1 aliphatic rings. The molecule has 2 heterocycles. The highest BCUT2D eigenvalue weighted by molar-refractivity contribution is 6.31.